The van der Waals surface area contributed by atoms with Crippen LogP contribution in [0.25, 0.3) is 22.3 Å². The smallest absolute Gasteiger partial charge is 0.338 e. The molecule has 0 fully saturated rings. The zero-order valence-electron chi connectivity index (χ0n) is 11.1. The summed E-state index contributed by atoms with van der Waals surface area (Å²) in [6.45, 7) is 4.06. The van der Waals surface area contributed by atoms with Crippen molar-refractivity contribution >= 4 is 17.0 Å². The molecule has 0 saturated carbocycles. The van der Waals surface area contributed by atoms with Gasteiger partial charge in [-0.2, -0.15) is 0 Å². The maximum atomic E-state index is 11.3. The minimum Gasteiger partial charge on any atom is -0.478 e. The van der Waals surface area contributed by atoms with Crippen LogP contribution in [0.15, 0.2) is 30.7 Å². The van der Waals surface area contributed by atoms with Crippen molar-refractivity contribution in [1.29, 1.82) is 0 Å². The van der Waals surface area contributed by atoms with Gasteiger partial charge in [0.1, 0.15) is 12.0 Å². The number of carboxylic acids is 1. The Bertz CT molecular complexity index is 821. The van der Waals surface area contributed by atoms with Crippen molar-refractivity contribution in [2.75, 3.05) is 0 Å². The Morgan fingerprint density at radius 2 is 2.00 bits per heavy atom. The molecule has 1 aromatic carbocycles. The van der Waals surface area contributed by atoms with Gasteiger partial charge >= 0.3 is 5.97 Å². The second-order valence-corrected chi connectivity index (χ2v) is 4.75. The van der Waals surface area contributed by atoms with E-state index in [4.69, 9.17) is 0 Å². The maximum Gasteiger partial charge on any atom is 0.338 e. The average molecular weight is 267 g/mol. The topological polar surface area (TPSA) is 78.9 Å². The van der Waals surface area contributed by atoms with E-state index in [0.717, 1.165) is 11.1 Å². The quantitative estimate of drug-likeness (QED) is 0.748. The standard InChI is InChI=1S/C15H13N3O2/c1-8-3-4-10(5-9(8)2)13-12-11(15(19)20)6-16-14(12)18-7-17-13/h3-7H,1-2H3,(H,19,20)(H,16,17,18). The Labute approximate surface area is 115 Å². The van der Waals surface area contributed by atoms with Gasteiger partial charge in [-0.05, 0) is 31.0 Å². The van der Waals surface area contributed by atoms with Crippen molar-refractivity contribution in [3.05, 3.63) is 47.4 Å². The van der Waals surface area contributed by atoms with E-state index >= 15 is 0 Å². The van der Waals surface area contributed by atoms with E-state index in [0.29, 0.717) is 16.7 Å². The Kier molecular flexibility index (Phi) is 2.75. The van der Waals surface area contributed by atoms with E-state index in [1.165, 1.54) is 18.1 Å². The van der Waals surface area contributed by atoms with E-state index in [1.807, 2.05) is 32.0 Å². The van der Waals surface area contributed by atoms with Crippen LogP contribution in [0.2, 0.25) is 0 Å². The zero-order chi connectivity index (χ0) is 14.3. The second kappa shape index (κ2) is 4.45. The van der Waals surface area contributed by atoms with Crippen molar-refractivity contribution in [3.63, 3.8) is 0 Å². The van der Waals surface area contributed by atoms with Crippen LogP contribution >= 0.6 is 0 Å². The maximum absolute atomic E-state index is 11.3. The predicted octanol–water partition coefficient (Wildman–Crippen LogP) is 2.94. The molecule has 2 aromatic heterocycles. The summed E-state index contributed by atoms with van der Waals surface area (Å²) in [5.41, 5.74) is 4.58. The van der Waals surface area contributed by atoms with Crippen molar-refractivity contribution in [3.8, 4) is 11.3 Å². The van der Waals surface area contributed by atoms with E-state index < -0.39 is 5.97 Å². The number of benzene rings is 1. The van der Waals surface area contributed by atoms with Crippen LogP contribution in [0.1, 0.15) is 21.5 Å². The van der Waals surface area contributed by atoms with Gasteiger partial charge in [0.15, 0.2) is 0 Å². The van der Waals surface area contributed by atoms with Gasteiger partial charge in [-0.1, -0.05) is 12.1 Å². The van der Waals surface area contributed by atoms with Gasteiger partial charge in [0.2, 0.25) is 0 Å². The number of hydrogen-bond acceptors (Lipinski definition) is 3. The van der Waals surface area contributed by atoms with Gasteiger partial charge in [0, 0.05) is 11.8 Å². The molecule has 0 atom stereocenters. The van der Waals surface area contributed by atoms with E-state index in [9.17, 15) is 9.90 Å². The molecule has 5 heteroatoms. The monoisotopic (exact) mass is 267 g/mol. The molecular formula is C15H13N3O2. The zero-order valence-corrected chi connectivity index (χ0v) is 11.1. The van der Waals surface area contributed by atoms with Crippen molar-refractivity contribution < 1.29 is 9.90 Å². The third-order valence-corrected chi connectivity index (χ3v) is 3.48. The summed E-state index contributed by atoms with van der Waals surface area (Å²) in [6, 6.07) is 5.96. The van der Waals surface area contributed by atoms with Crippen molar-refractivity contribution in [1.82, 2.24) is 15.0 Å². The lowest BCUT2D eigenvalue weighted by Crippen LogP contribution is -1.97. The summed E-state index contributed by atoms with van der Waals surface area (Å²) < 4.78 is 0. The number of nitrogens with zero attached hydrogens (tertiary/aromatic N) is 2. The minimum atomic E-state index is -0.990. The molecule has 3 rings (SSSR count). The van der Waals surface area contributed by atoms with Gasteiger partial charge in [-0.15, -0.1) is 0 Å². The molecule has 0 aliphatic heterocycles. The summed E-state index contributed by atoms with van der Waals surface area (Å²) in [5, 5.41) is 9.81. The lowest BCUT2D eigenvalue weighted by atomic mass is 10.0. The number of aryl methyl sites for hydroxylation is 2. The molecule has 0 spiro atoms. The number of carboxylic acid groups (broad SMARTS) is 1. The number of hydrogen-bond donors (Lipinski definition) is 2. The Morgan fingerprint density at radius 1 is 1.20 bits per heavy atom. The van der Waals surface area contributed by atoms with Gasteiger partial charge in [0.05, 0.1) is 16.6 Å². The minimum absolute atomic E-state index is 0.189. The first-order chi connectivity index (χ1) is 9.58. The molecule has 0 saturated heterocycles. The molecule has 2 heterocycles. The van der Waals surface area contributed by atoms with Crippen LogP contribution < -0.4 is 0 Å². The van der Waals surface area contributed by atoms with Crippen molar-refractivity contribution in [2.24, 2.45) is 0 Å². The van der Waals surface area contributed by atoms with Crippen LogP contribution in [-0.2, 0) is 0 Å². The fourth-order valence-corrected chi connectivity index (χ4v) is 2.24. The molecule has 0 bridgehead atoms. The van der Waals surface area contributed by atoms with Crippen LogP contribution in [0.4, 0.5) is 0 Å². The van der Waals surface area contributed by atoms with E-state index in [1.54, 1.807) is 0 Å². The Morgan fingerprint density at radius 3 is 2.70 bits per heavy atom. The number of aromatic carboxylic acids is 1. The van der Waals surface area contributed by atoms with Crippen LogP contribution in [-0.4, -0.2) is 26.0 Å². The highest BCUT2D eigenvalue weighted by Crippen LogP contribution is 2.29. The van der Waals surface area contributed by atoms with Gasteiger partial charge in [0.25, 0.3) is 0 Å². The van der Waals surface area contributed by atoms with Crippen LogP contribution in [0, 0.1) is 13.8 Å². The summed E-state index contributed by atoms with van der Waals surface area (Å²) in [7, 11) is 0. The first kappa shape index (κ1) is 12.3. The Balaban J connectivity index is 2.32. The highest BCUT2D eigenvalue weighted by atomic mass is 16.4. The molecular weight excluding hydrogens is 254 g/mol. The van der Waals surface area contributed by atoms with Gasteiger partial charge in [-0.3, -0.25) is 0 Å². The third kappa shape index (κ3) is 1.84. The molecule has 0 amide bonds. The number of aromatic nitrogens is 3. The van der Waals surface area contributed by atoms with Gasteiger partial charge in [-0.25, -0.2) is 14.8 Å². The van der Waals surface area contributed by atoms with E-state index in [-0.39, 0.29) is 5.56 Å². The number of H-pyrrole nitrogens is 1. The molecule has 2 N–H and O–H groups in total. The molecule has 0 radical (unpaired) electrons. The summed E-state index contributed by atoms with van der Waals surface area (Å²) in [5.74, 6) is -0.990. The van der Waals surface area contributed by atoms with Crippen LogP contribution in [0.3, 0.4) is 0 Å². The highest BCUT2D eigenvalue weighted by molar-refractivity contribution is 6.07. The Hall–Kier alpha value is -2.69. The summed E-state index contributed by atoms with van der Waals surface area (Å²) >= 11 is 0. The fraction of sp³-hybridized carbons (Fsp3) is 0.133. The largest absolute Gasteiger partial charge is 0.478 e. The summed E-state index contributed by atoms with van der Waals surface area (Å²) in [6.07, 6.45) is 2.89. The molecule has 3 aromatic rings. The van der Waals surface area contributed by atoms with Crippen molar-refractivity contribution in [2.45, 2.75) is 13.8 Å². The molecule has 100 valence electrons. The van der Waals surface area contributed by atoms with E-state index in [2.05, 4.69) is 15.0 Å². The number of carbonyl (C=O) groups is 1. The molecule has 0 aliphatic carbocycles. The first-order valence-corrected chi connectivity index (χ1v) is 6.21. The predicted molar refractivity (Wildman–Crippen MR) is 75.8 cm³/mol. The third-order valence-electron chi connectivity index (χ3n) is 3.48. The van der Waals surface area contributed by atoms with Crippen LogP contribution in [0.5, 0.6) is 0 Å². The number of rotatable bonds is 2. The molecule has 0 aliphatic rings. The second-order valence-electron chi connectivity index (χ2n) is 4.75. The summed E-state index contributed by atoms with van der Waals surface area (Å²) in [4.78, 5) is 22.5. The molecule has 5 nitrogen and oxygen atoms in total. The molecule has 0 unspecified atom stereocenters. The number of aromatic amines is 1. The highest BCUT2D eigenvalue weighted by Gasteiger charge is 2.17. The normalized spacial score (nSPS) is 10.9. The SMILES string of the molecule is Cc1ccc(-c2ncnc3[nH]cc(C(=O)O)c23)cc1C. The fourth-order valence-electron chi connectivity index (χ4n) is 2.24. The lowest BCUT2D eigenvalue weighted by Gasteiger charge is -2.06. The number of nitrogens with one attached hydrogen (secondary N) is 1. The average Bonchev–Trinajstić information content (AvgIpc) is 2.86. The van der Waals surface area contributed by atoms with Gasteiger partial charge < -0.3 is 10.1 Å². The number of fused-ring (bicyclic) bond motifs is 1. The lowest BCUT2D eigenvalue weighted by molar-refractivity contribution is 0.0699. The first-order valence-electron chi connectivity index (χ1n) is 6.21. The molecule has 20 heavy (non-hydrogen) atoms.